The Balaban J connectivity index is 1.37. The molecule has 2 N–H and O–H groups in total. The molecule has 6 rings (SSSR count). The first-order chi connectivity index (χ1) is 17.9. The van der Waals surface area contributed by atoms with E-state index < -0.39 is 6.04 Å². The third kappa shape index (κ3) is 4.48. The number of phenolic OH excluding ortho intramolecular Hbond substituents is 1. The molecule has 3 aromatic carbocycles. The molecular weight excluding hydrogens is 464 g/mol. The number of anilines is 1. The highest BCUT2D eigenvalue weighted by Gasteiger charge is 2.41. The second-order valence-electron chi connectivity index (χ2n) is 10.5. The van der Waals surface area contributed by atoms with Crippen molar-refractivity contribution in [2.75, 3.05) is 5.32 Å². The van der Waals surface area contributed by atoms with Crippen molar-refractivity contribution in [3.05, 3.63) is 101 Å². The van der Waals surface area contributed by atoms with Gasteiger partial charge in [0.05, 0.1) is 0 Å². The fourth-order valence-corrected chi connectivity index (χ4v) is 5.14. The quantitative estimate of drug-likeness (QED) is 0.361. The highest BCUT2D eigenvalue weighted by Crippen LogP contribution is 2.45. The van der Waals surface area contributed by atoms with Crippen LogP contribution in [0.2, 0.25) is 0 Å². The molecule has 4 aromatic rings. The summed E-state index contributed by atoms with van der Waals surface area (Å²) in [4.78, 5) is 18.2. The molecule has 1 unspecified atom stereocenters. The molecule has 7 nitrogen and oxygen atoms in total. The van der Waals surface area contributed by atoms with E-state index in [1.807, 2.05) is 54.6 Å². The van der Waals surface area contributed by atoms with Gasteiger partial charge in [0.1, 0.15) is 24.1 Å². The lowest BCUT2D eigenvalue weighted by Gasteiger charge is -2.38. The van der Waals surface area contributed by atoms with Crippen LogP contribution in [-0.4, -0.2) is 25.7 Å². The Kier molecular flexibility index (Phi) is 5.56. The van der Waals surface area contributed by atoms with E-state index in [2.05, 4.69) is 19.2 Å². The van der Waals surface area contributed by atoms with E-state index in [0.29, 0.717) is 24.8 Å². The van der Waals surface area contributed by atoms with E-state index in [-0.39, 0.29) is 16.9 Å². The van der Waals surface area contributed by atoms with Crippen LogP contribution in [0.5, 0.6) is 11.5 Å². The van der Waals surface area contributed by atoms with Gasteiger partial charge in [0.25, 0.3) is 0 Å². The number of phenols is 1. The normalized spacial score (nSPS) is 18.1. The number of ketones is 1. The van der Waals surface area contributed by atoms with Gasteiger partial charge in [-0.2, -0.15) is 4.98 Å². The fraction of sp³-hybridized carbons (Fsp3) is 0.233. The Hall–Kier alpha value is -4.39. The number of fused-ring (bicyclic) bond motifs is 1. The molecule has 0 radical (unpaired) electrons. The molecule has 37 heavy (non-hydrogen) atoms. The summed E-state index contributed by atoms with van der Waals surface area (Å²) in [5.41, 5.74) is 4.35. The van der Waals surface area contributed by atoms with Crippen LogP contribution in [0.4, 0.5) is 5.95 Å². The minimum Gasteiger partial charge on any atom is -0.508 e. The molecule has 0 fully saturated rings. The number of nitrogens with zero attached hydrogens (tertiary/aromatic N) is 3. The monoisotopic (exact) mass is 492 g/mol. The van der Waals surface area contributed by atoms with Gasteiger partial charge < -0.3 is 15.2 Å². The van der Waals surface area contributed by atoms with Crippen molar-refractivity contribution in [3.8, 4) is 22.9 Å². The van der Waals surface area contributed by atoms with Crippen molar-refractivity contribution in [1.82, 2.24) is 14.8 Å². The zero-order chi connectivity index (χ0) is 25.6. The molecule has 0 saturated carbocycles. The summed E-state index contributed by atoms with van der Waals surface area (Å²) in [6.07, 6.45) is 1.24. The van der Waals surface area contributed by atoms with Gasteiger partial charge in [-0.05, 0) is 59.4 Å². The summed E-state index contributed by atoms with van der Waals surface area (Å²) in [6.45, 7) is 4.72. The average molecular weight is 493 g/mol. The maximum absolute atomic E-state index is 13.5. The molecule has 0 saturated heterocycles. The zero-order valence-electron chi connectivity index (χ0n) is 20.8. The maximum atomic E-state index is 13.5. The molecule has 0 amide bonds. The van der Waals surface area contributed by atoms with Gasteiger partial charge in [0.15, 0.2) is 11.6 Å². The number of carbonyl (C=O) groups is 1. The maximum Gasteiger partial charge on any atom is 0.226 e. The van der Waals surface area contributed by atoms with Gasteiger partial charge in [-0.15, -0.1) is 5.10 Å². The number of hydrogen-bond acceptors (Lipinski definition) is 6. The van der Waals surface area contributed by atoms with Crippen molar-refractivity contribution >= 4 is 11.7 Å². The van der Waals surface area contributed by atoms with Gasteiger partial charge in [-0.25, -0.2) is 4.68 Å². The summed E-state index contributed by atoms with van der Waals surface area (Å²) >= 11 is 0. The second kappa shape index (κ2) is 8.92. The Morgan fingerprint density at radius 3 is 2.46 bits per heavy atom. The zero-order valence-corrected chi connectivity index (χ0v) is 20.8. The highest BCUT2D eigenvalue weighted by atomic mass is 16.5. The first-order valence-electron chi connectivity index (χ1n) is 12.4. The van der Waals surface area contributed by atoms with Gasteiger partial charge in [-0.3, -0.25) is 4.79 Å². The number of aromatic nitrogens is 3. The molecule has 1 aromatic heterocycles. The minimum absolute atomic E-state index is 0.125. The number of rotatable bonds is 5. The Bertz CT molecular complexity index is 1490. The smallest absolute Gasteiger partial charge is 0.226 e. The van der Waals surface area contributed by atoms with Crippen molar-refractivity contribution < 1.29 is 14.6 Å². The summed E-state index contributed by atoms with van der Waals surface area (Å²) in [7, 11) is 0. The summed E-state index contributed by atoms with van der Waals surface area (Å²) in [5, 5.41) is 17.9. The molecule has 2 aliphatic rings. The number of benzene rings is 3. The second-order valence-corrected chi connectivity index (χ2v) is 10.5. The minimum atomic E-state index is -0.392. The average Bonchev–Trinajstić information content (AvgIpc) is 3.30. The summed E-state index contributed by atoms with van der Waals surface area (Å²) < 4.78 is 7.79. The molecule has 0 spiro atoms. The van der Waals surface area contributed by atoms with Crippen LogP contribution in [-0.2, 0) is 11.4 Å². The van der Waals surface area contributed by atoms with Crippen LogP contribution >= 0.6 is 0 Å². The Labute approximate surface area is 215 Å². The van der Waals surface area contributed by atoms with E-state index in [9.17, 15) is 9.90 Å². The molecule has 2 heterocycles. The van der Waals surface area contributed by atoms with Crippen LogP contribution < -0.4 is 10.1 Å². The van der Waals surface area contributed by atoms with E-state index in [4.69, 9.17) is 14.8 Å². The molecule has 1 aliphatic carbocycles. The van der Waals surface area contributed by atoms with Crippen molar-refractivity contribution in [2.45, 2.75) is 39.3 Å². The lowest BCUT2D eigenvalue weighted by Crippen LogP contribution is -2.36. The number of nitrogens with one attached hydrogen (secondary N) is 1. The van der Waals surface area contributed by atoms with Crippen LogP contribution in [0, 0.1) is 5.41 Å². The third-order valence-corrected chi connectivity index (χ3v) is 6.90. The fourth-order valence-electron chi connectivity index (χ4n) is 5.14. The number of hydrogen-bond donors (Lipinski definition) is 2. The van der Waals surface area contributed by atoms with Crippen LogP contribution in [0.3, 0.4) is 0 Å². The number of Topliss-reactive ketones (excluding diaryl/α,β-unsaturated/α-hetero) is 1. The van der Waals surface area contributed by atoms with Gasteiger partial charge in [-0.1, -0.05) is 56.3 Å². The van der Waals surface area contributed by atoms with E-state index in [1.54, 1.807) is 28.9 Å². The van der Waals surface area contributed by atoms with Crippen LogP contribution in [0.1, 0.15) is 43.9 Å². The summed E-state index contributed by atoms with van der Waals surface area (Å²) in [5.74, 6) is 2.20. The first-order valence-corrected chi connectivity index (χ1v) is 12.4. The Morgan fingerprint density at radius 1 is 1.00 bits per heavy atom. The molecule has 7 heteroatoms. The van der Waals surface area contributed by atoms with E-state index >= 15 is 0 Å². The molecule has 1 atom stereocenters. The molecular formula is C30H28N4O3. The largest absolute Gasteiger partial charge is 0.508 e. The predicted molar refractivity (Wildman–Crippen MR) is 141 cm³/mol. The lowest BCUT2D eigenvalue weighted by atomic mass is 9.73. The number of carbonyl (C=O) groups excluding carboxylic acids is 1. The van der Waals surface area contributed by atoms with Gasteiger partial charge in [0, 0.05) is 23.3 Å². The van der Waals surface area contributed by atoms with Crippen molar-refractivity contribution in [3.63, 3.8) is 0 Å². The molecule has 1 aliphatic heterocycles. The third-order valence-electron chi connectivity index (χ3n) is 6.90. The number of aromatic hydroxyl groups is 1. The summed E-state index contributed by atoms with van der Waals surface area (Å²) in [6, 6.07) is 24.3. The molecule has 0 bridgehead atoms. The van der Waals surface area contributed by atoms with Crippen molar-refractivity contribution in [2.24, 2.45) is 5.41 Å². The van der Waals surface area contributed by atoms with Crippen LogP contribution in [0.25, 0.3) is 11.4 Å². The highest BCUT2D eigenvalue weighted by molar-refractivity contribution is 6.00. The lowest BCUT2D eigenvalue weighted by molar-refractivity contribution is -0.118. The topological polar surface area (TPSA) is 89.3 Å². The predicted octanol–water partition coefficient (Wildman–Crippen LogP) is 5.89. The van der Waals surface area contributed by atoms with E-state index in [1.165, 1.54) is 0 Å². The molecule has 186 valence electrons. The van der Waals surface area contributed by atoms with Crippen LogP contribution in [0.15, 0.2) is 90.1 Å². The standard InChI is InChI=1S/C30H28N4O3/c1-30(2)16-24-26(25(36)17-30)27(20-10-14-23(15-11-20)37-18-19-6-4-3-5-7-19)34-29(31-24)32-28(33-34)21-8-12-22(35)13-9-21/h3-15,27,35H,16-18H2,1-2H3,(H,31,32,33). The number of ether oxygens (including phenoxy) is 1. The number of allylic oxidation sites excluding steroid dienone is 2. The van der Waals surface area contributed by atoms with Gasteiger partial charge >= 0.3 is 0 Å². The van der Waals surface area contributed by atoms with Crippen molar-refractivity contribution in [1.29, 1.82) is 0 Å². The SMILES string of the molecule is CC1(C)CC(=O)C2=C(C1)Nc1nc(-c3ccc(O)cc3)nn1C2c1ccc(OCc2ccccc2)cc1. The van der Waals surface area contributed by atoms with Gasteiger partial charge in [0.2, 0.25) is 5.95 Å². The first kappa shape index (κ1) is 23.0. The Morgan fingerprint density at radius 2 is 1.73 bits per heavy atom. The van der Waals surface area contributed by atoms with E-state index in [0.717, 1.165) is 40.1 Å².